The van der Waals surface area contributed by atoms with Crippen molar-refractivity contribution >= 4 is 17.4 Å². The molecule has 8 nitrogen and oxygen atoms in total. The van der Waals surface area contributed by atoms with Gasteiger partial charge in [0.1, 0.15) is 12.1 Å². The van der Waals surface area contributed by atoms with E-state index in [4.69, 9.17) is 4.74 Å². The highest BCUT2D eigenvalue weighted by Crippen LogP contribution is 2.17. The van der Waals surface area contributed by atoms with Crippen molar-refractivity contribution in [1.29, 1.82) is 0 Å². The Morgan fingerprint density at radius 1 is 1.08 bits per heavy atom. The van der Waals surface area contributed by atoms with Crippen molar-refractivity contribution in [1.82, 2.24) is 20.2 Å². The lowest BCUT2D eigenvalue weighted by molar-refractivity contribution is -0.122. The molecule has 0 spiro atoms. The summed E-state index contributed by atoms with van der Waals surface area (Å²) in [6.45, 7) is 3.16. The van der Waals surface area contributed by atoms with Gasteiger partial charge in [0, 0.05) is 11.3 Å². The van der Waals surface area contributed by atoms with Gasteiger partial charge in [-0.1, -0.05) is 0 Å². The van der Waals surface area contributed by atoms with Crippen LogP contribution in [0.2, 0.25) is 0 Å². The smallest absolute Gasteiger partial charge is 0.265 e. The highest BCUT2D eigenvalue weighted by molar-refractivity contribution is 5.96. The van der Waals surface area contributed by atoms with Crippen LogP contribution >= 0.6 is 0 Å². The fourth-order valence-electron chi connectivity index (χ4n) is 2.25. The second kappa shape index (κ2) is 7.56. The molecule has 0 saturated heterocycles. The number of hydrogen-bond donors (Lipinski definition) is 1. The monoisotopic (exact) mass is 351 g/mol. The van der Waals surface area contributed by atoms with Crippen molar-refractivity contribution in [2.45, 2.75) is 20.0 Å². The summed E-state index contributed by atoms with van der Waals surface area (Å²) in [6.07, 6.45) is 0.796. The first kappa shape index (κ1) is 17.3. The van der Waals surface area contributed by atoms with Gasteiger partial charge in [0.25, 0.3) is 5.91 Å². The summed E-state index contributed by atoms with van der Waals surface area (Å²) in [5, 5.41) is 13.7. The molecule has 1 aromatic heterocycles. The second-order valence-corrected chi connectivity index (χ2v) is 5.63. The van der Waals surface area contributed by atoms with Crippen LogP contribution in [0, 0.1) is 0 Å². The van der Waals surface area contributed by atoms with E-state index in [1.165, 1.54) is 17.9 Å². The molecule has 1 amide bonds. The molecule has 1 atom stereocenters. The summed E-state index contributed by atoms with van der Waals surface area (Å²) >= 11 is 0. The van der Waals surface area contributed by atoms with Crippen LogP contribution in [0.25, 0.3) is 5.69 Å². The maximum Gasteiger partial charge on any atom is 0.265 e. The highest BCUT2D eigenvalue weighted by Gasteiger charge is 2.15. The van der Waals surface area contributed by atoms with Crippen molar-refractivity contribution in [2.24, 2.45) is 0 Å². The van der Waals surface area contributed by atoms with E-state index in [1.807, 2.05) is 0 Å². The molecule has 1 N–H and O–H groups in total. The number of carbonyl (C=O) groups is 2. The van der Waals surface area contributed by atoms with E-state index in [1.54, 1.807) is 55.5 Å². The van der Waals surface area contributed by atoms with Gasteiger partial charge in [-0.3, -0.25) is 9.59 Å². The van der Waals surface area contributed by atoms with Crippen LogP contribution in [0.3, 0.4) is 0 Å². The number of ketones is 1. The number of rotatable bonds is 6. The predicted octanol–water partition coefficient (Wildman–Crippen LogP) is 2.27. The summed E-state index contributed by atoms with van der Waals surface area (Å²) < 4.78 is 7.17. The minimum Gasteiger partial charge on any atom is -0.481 e. The number of anilines is 1. The van der Waals surface area contributed by atoms with Crippen molar-refractivity contribution in [3.8, 4) is 11.4 Å². The quantitative estimate of drug-likeness (QED) is 0.684. The topological polar surface area (TPSA) is 99.0 Å². The van der Waals surface area contributed by atoms with Gasteiger partial charge in [0.2, 0.25) is 0 Å². The lowest BCUT2D eigenvalue weighted by Crippen LogP contribution is -2.30. The molecule has 3 aromatic rings. The first-order valence-corrected chi connectivity index (χ1v) is 7.95. The number of aromatic nitrogens is 4. The van der Waals surface area contributed by atoms with Crippen LogP contribution < -0.4 is 10.1 Å². The normalized spacial score (nSPS) is 11.6. The summed E-state index contributed by atoms with van der Waals surface area (Å²) in [7, 11) is 0. The van der Waals surface area contributed by atoms with Gasteiger partial charge in [0.05, 0.1) is 5.69 Å². The Labute approximate surface area is 149 Å². The zero-order valence-corrected chi connectivity index (χ0v) is 14.3. The third-order valence-electron chi connectivity index (χ3n) is 3.69. The Kier molecular flexibility index (Phi) is 5.02. The lowest BCUT2D eigenvalue weighted by atomic mass is 10.1. The standard InChI is InChI=1S/C18H17N5O3/c1-12(24)14-3-5-15(6-4-14)20-18(25)13(2)26-17-9-7-16(8-10-17)23-11-19-21-22-23/h3-11,13H,1-2H3,(H,20,25)/t13-/m1/s1. The van der Waals surface area contributed by atoms with Crippen LogP contribution in [0.5, 0.6) is 5.75 Å². The number of nitrogens with zero attached hydrogens (tertiary/aromatic N) is 4. The van der Waals surface area contributed by atoms with E-state index in [0.717, 1.165) is 5.69 Å². The van der Waals surface area contributed by atoms with Gasteiger partial charge < -0.3 is 10.1 Å². The van der Waals surface area contributed by atoms with Crippen LogP contribution in [0.15, 0.2) is 54.9 Å². The number of amides is 1. The molecule has 0 aliphatic carbocycles. The molecule has 0 bridgehead atoms. The zero-order valence-electron chi connectivity index (χ0n) is 14.3. The number of tetrazole rings is 1. The molecule has 0 fully saturated rings. The zero-order chi connectivity index (χ0) is 18.5. The SMILES string of the molecule is CC(=O)c1ccc(NC(=O)[C@@H](C)Oc2ccc(-n3cnnn3)cc2)cc1. The van der Waals surface area contributed by atoms with E-state index in [2.05, 4.69) is 20.8 Å². The molecule has 0 radical (unpaired) electrons. The van der Waals surface area contributed by atoms with Gasteiger partial charge >= 0.3 is 0 Å². The van der Waals surface area contributed by atoms with E-state index in [9.17, 15) is 9.59 Å². The minimum absolute atomic E-state index is 0.0234. The lowest BCUT2D eigenvalue weighted by Gasteiger charge is -2.15. The Hall–Kier alpha value is -3.55. The molecule has 2 aromatic carbocycles. The minimum atomic E-state index is -0.693. The Morgan fingerprint density at radius 3 is 2.35 bits per heavy atom. The third kappa shape index (κ3) is 4.10. The molecule has 0 aliphatic rings. The first-order chi connectivity index (χ1) is 12.5. The van der Waals surface area contributed by atoms with Gasteiger partial charge in [-0.15, -0.1) is 5.10 Å². The fourth-order valence-corrected chi connectivity index (χ4v) is 2.25. The Bertz CT molecular complexity index is 890. The fraction of sp³-hybridized carbons (Fsp3) is 0.167. The van der Waals surface area contributed by atoms with Crippen LogP contribution in [-0.4, -0.2) is 38.0 Å². The Balaban J connectivity index is 1.59. The molecule has 1 heterocycles. The van der Waals surface area contributed by atoms with Crippen molar-refractivity contribution < 1.29 is 14.3 Å². The predicted molar refractivity (Wildman–Crippen MR) is 94.3 cm³/mol. The summed E-state index contributed by atoms with van der Waals surface area (Å²) in [4.78, 5) is 23.5. The van der Waals surface area contributed by atoms with E-state index in [-0.39, 0.29) is 11.7 Å². The molecule has 0 aliphatic heterocycles. The van der Waals surface area contributed by atoms with E-state index < -0.39 is 6.10 Å². The number of Topliss-reactive ketones (excluding diaryl/α,β-unsaturated/α-hetero) is 1. The summed E-state index contributed by atoms with van der Waals surface area (Å²) in [5.41, 5.74) is 1.98. The number of hydrogen-bond acceptors (Lipinski definition) is 6. The van der Waals surface area contributed by atoms with Crippen LogP contribution in [0.1, 0.15) is 24.2 Å². The molecule has 8 heteroatoms. The molecular formula is C18H17N5O3. The molecule has 0 unspecified atom stereocenters. The maximum absolute atomic E-state index is 12.3. The second-order valence-electron chi connectivity index (χ2n) is 5.63. The highest BCUT2D eigenvalue weighted by atomic mass is 16.5. The van der Waals surface area contributed by atoms with Gasteiger partial charge in [0.15, 0.2) is 11.9 Å². The van der Waals surface area contributed by atoms with Crippen LogP contribution in [0.4, 0.5) is 5.69 Å². The number of carbonyl (C=O) groups excluding carboxylic acids is 2. The summed E-state index contributed by atoms with van der Waals surface area (Å²) in [5.74, 6) is 0.242. The largest absolute Gasteiger partial charge is 0.481 e. The molecule has 3 rings (SSSR count). The number of ether oxygens (including phenoxy) is 1. The molecular weight excluding hydrogens is 334 g/mol. The van der Waals surface area contributed by atoms with Crippen molar-refractivity contribution in [3.05, 3.63) is 60.4 Å². The van der Waals surface area contributed by atoms with Gasteiger partial charge in [-0.25, -0.2) is 4.68 Å². The number of nitrogens with one attached hydrogen (secondary N) is 1. The van der Waals surface area contributed by atoms with E-state index >= 15 is 0 Å². The van der Waals surface area contributed by atoms with Crippen molar-refractivity contribution in [3.63, 3.8) is 0 Å². The molecule has 26 heavy (non-hydrogen) atoms. The summed E-state index contributed by atoms with van der Waals surface area (Å²) in [6, 6.07) is 13.8. The third-order valence-corrected chi connectivity index (χ3v) is 3.69. The molecule has 132 valence electrons. The van der Waals surface area contributed by atoms with Crippen LogP contribution in [-0.2, 0) is 4.79 Å². The van der Waals surface area contributed by atoms with Gasteiger partial charge in [-0.05, 0) is 72.8 Å². The first-order valence-electron chi connectivity index (χ1n) is 7.95. The Morgan fingerprint density at radius 2 is 1.77 bits per heavy atom. The van der Waals surface area contributed by atoms with Crippen molar-refractivity contribution in [2.75, 3.05) is 5.32 Å². The van der Waals surface area contributed by atoms with Gasteiger partial charge in [-0.2, -0.15) is 0 Å². The maximum atomic E-state index is 12.3. The average Bonchev–Trinajstić information content (AvgIpc) is 3.17. The van der Waals surface area contributed by atoms with E-state index in [0.29, 0.717) is 17.0 Å². The average molecular weight is 351 g/mol. The molecule has 0 saturated carbocycles. The number of benzene rings is 2.